The maximum atomic E-state index is 11.3. The zero-order valence-corrected chi connectivity index (χ0v) is 8.89. The van der Waals surface area contributed by atoms with E-state index >= 15 is 0 Å². The van der Waals surface area contributed by atoms with Gasteiger partial charge in [-0.15, -0.1) is 0 Å². The lowest BCUT2D eigenvalue weighted by atomic mass is 10.6. The highest BCUT2D eigenvalue weighted by atomic mass is 35.5. The monoisotopic (exact) mass is 219 g/mol. The van der Waals surface area contributed by atoms with Crippen molar-refractivity contribution >= 4 is 28.4 Å². The van der Waals surface area contributed by atoms with Crippen molar-refractivity contribution in [1.29, 1.82) is 0 Å². The molecular formula is C7H10ClN3OS. The first-order chi connectivity index (χ1) is 6.09. The van der Waals surface area contributed by atoms with Gasteiger partial charge in [0.15, 0.2) is 5.82 Å². The van der Waals surface area contributed by atoms with E-state index in [4.69, 9.17) is 11.6 Å². The average molecular weight is 220 g/mol. The highest BCUT2D eigenvalue weighted by Crippen LogP contribution is 2.07. The summed E-state index contributed by atoms with van der Waals surface area (Å²) in [4.78, 5) is 7.70. The normalized spacial score (nSPS) is 12.9. The largest absolute Gasteiger partial charge is 0.288 e. The minimum Gasteiger partial charge on any atom is -0.288 e. The summed E-state index contributed by atoms with van der Waals surface area (Å²) < 4.78 is 14.0. The molecule has 0 saturated heterocycles. The molecule has 0 aliphatic rings. The molecular weight excluding hydrogens is 210 g/mol. The van der Waals surface area contributed by atoms with Crippen LogP contribution in [-0.2, 0) is 11.0 Å². The van der Waals surface area contributed by atoms with Gasteiger partial charge in [0.2, 0.25) is 0 Å². The number of hydrogen-bond acceptors (Lipinski definition) is 3. The summed E-state index contributed by atoms with van der Waals surface area (Å²) in [6, 6.07) is 0. The van der Waals surface area contributed by atoms with Gasteiger partial charge in [0.05, 0.1) is 12.4 Å². The maximum absolute atomic E-state index is 11.3. The Bertz CT molecular complexity index is 301. The summed E-state index contributed by atoms with van der Waals surface area (Å²) in [6.07, 6.45) is 2.85. The number of nitrogens with one attached hydrogen (secondary N) is 1. The van der Waals surface area contributed by atoms with E-state index in [1.54, 1.807) is 0 Å². The van der Waals surface area contributed by atoms with Gasteiger partial charge >= 0.3 is 0 Å². The molecule has 1 heterocycles. The van der Waals surface area contributed by atoms with E-state index in [0.717, 1.165) is 0 Å². The van der Waals surface area contributed by atoms with E-state index < -0.39 is 11.0 Å². The van der Waals surface area contributed by atoms with E-state index in [-0.39, 0.29) is 5.25 Å². The Morgan fingerprint density at radius 3 is 2.62 bits per heavy atom. The van der Waals surface area contributed by atoms with Crippen molar-refractivity contribution in [3.8, 4) is 0 Å². The zero-order valence-electron chi connectivity index (χ0n) is 7.32. The van der Waals surface area contributed by atoms with Gasteiger partial charge in [-0.05, 0) is 13.8 Å². The summed E-state index contributed by atoms with van der Waals surface area (Å²) in [6.45, 7) is 3.71. The lowest BCUT2D eigenvalue weighted by Gasteiger charge is -2.06. The second-order valence-electron chi connectivity index (χ2n) is 2.67. The highest BCUT2D eigenvalue weighted by Gasteiger charge is 2.05. The van der Waals surface area contributed by atoms with Crippen molar-refractivity contribution in [2.75, 3.05) is 4.72 Å². The van der Waals surface area contributed by atoms with E-state index in [2.05, 4.69) is 14.7 Å². The van der Waals surface area contributed by atoms with Crippen molar-refractivity contribution in [3.63, 3.8) is 0 Å². The first-order valence-corrected chi connectivity index (χ1v) is 5.33. The zero-order chi connectivity index (χ0) is 9.84. The van der Waals surface area contributed by atoms with Gasteiger partial charge in [-0.25, -0.2) is 14.2 Å². The molecule has 0 fully saturated rings. The van der Waals surface area contributed by atoms with Crippen LogP contribution in [0.4, 0.5) is 5.82 Å². The standard InChI is InChI=1S/C7H10ClN3OS/c1-5(2)13(12)11-7-4-9-6(8)3-10-7/h3-5H,1-2H3,(H,10,11). The van der Waals surface area contributed by atoms with Crippen molar-refractivity contribution in [2.45, 2.75) is 19.1 Å². The van der Waals surface area contributed by atoms with Gasteiger partial charge in [0.1, 0.15) is 16.1 Å². The van der Waals surface area contributed by atoms with Gasteiger partial charge < -0.3 is 0 Å². The van der Waals surface area contributed by atoms with Gasteiger partial charge in [0, 0.05) is 5.25 Å². The Balaban J connectivity index is 2.65. The third-order valence-corrected chi connectivity index (χ3v) is 2.72. The molecule has 0 amide bonds. The van der Waals surface area contributed by atoms with Gasteiger partial charge in [-0.2, -0.15) is 0 Å². The molecule has 0 aromatic carbocycles. The third kappa shape index (κ3) is 3.28. The Morgan fingerprint density at radius 2 is 2.15 bits per heavy atom. The van der Waals surface area contributed by atoms with Crippen molar-refractivity contribution < 1.29 is 4.21 Å². The molecule has 13 heavy (non-hydrogen) atoms. The lowest BCUT2D eigenvalue weighted by molar-refractivity contribution is 0.680. The van der Waals surface area contributed by atoms with Gasteiger partial charge in [-0.3, -0.25) is 4.72 Å². The van der Waals surface area contributed by atoms with Crippen LogP contribution >= 0.6 is 11.6 Å². The molecule has 0 saturated carbocycles. The molecule has 1 rings (SSSR count). The van der Waals surface area contributed by atoms with Crippen LogP contribution in [0.15, 0.2) is 12.4 Å². The number of nitrogens with zero attached hydrogens (tertiary/aromatic N) is 2. The molecule has 1 atom stereocenters. The fourth-order valence-electron chi connectivity index (χ4n) is 0.586. The van der Waals surface area contributed by atoms with Crippen LogP contribution in [0.1, 0.15) is 13.8 Å². The van der Waals surface area contributed by atoms with E-state index in [1.807, 2.05) is 13.8 Å². The lowest BCUT2D eigenvalue weighted by Crippen LogP contribution is -2.15. The SMILES string of the molecule is CC(C)S(=O)Nc1cnc(Cl)cn1. The van der Waals surface area contributed by atoms with Crippen molar-refractivity contribution in [2.24, 2.45) is 0 Å². The summed E-state index contributed by atoms with van der Waals surface area (Å²) in [7, 11) is -1.12. The summed E-state index contributed by atoms with van der Waals surface area (Å²) in [5, 5.41) is 0.360. The van der Waals surface area contributed by atoms with E-state index in [9.17, 15) is 4.21 Å². The summed E-state index contributed by atoms with van der Waals surface area (Å²) >= 11 is 5.53. The molecule has 1 unspecified atom stereocenters. The Kier molecular flexibility index (Phi) is 3.62. The Labute approximate surface area is 84.3 Å². The molecule has 0 radical (unpaired) electrons. The topological polar surface area (TPSA) is 54.9 Å². The molecule has 0 aliphatic carbocycles. The molecule has 0 aliphatic heterocycles. The third-order valence-electron chi connectivity index (χ3n) is 1.25. The predicted molar refractivity (Wildman–Crippen MR) is 53.9 cm³/mol. The Hall–Kier alpha value is -0.680. The van der Waals surface area contributed by atoms with Crippen molar-refractivity contribution in [1.82, 2.24) is 9.97 Å². The second kappa shape index (κ2) is 4.53. The first-order valence-electron chi connectivity index (χ1n) is 3.74. The van der Waals surface area contributed by atoms with Crippen molar-refractivity contribution in [3.05, 3.63) is 17.5 Å². The predicted octanol–water partition coefficient (Wildman–Crippen LogP) is 1.61. The highest BCUT2D eigenvalue weighted by molar-refractivity contribution is 7.86. The van der Waals surface area contributed by atoms with Gasteiger partial charge in [0.25, 0.3) is 0 Å². The molecule has 1 N–H and O–H groups in total. The minimum absolute atomic E-state index is 0.0393. The molecule has 4 nitrogen and oxygen atoms in total. The Morgan fingerprint density at radius 1 is 1.46 bits per heavy atom. The molecule has 72 valence electrons. The summed E-state index contributed by atoms with van der Waals surface area (Å²) in [5.41, 5.74) is 0. The minimum atomic E-state index is -1.12. The van der Waals surface area contributed by atoms with Gasteiger partial charge in [-0.1, -0.05) is 11.6 Å². The van der Waals surface area contributed by atoms with Crippen LogP contribution in [0.2, 0.25) is 5.15 Å². The van der Waals surface area contributed by atoms with Crippen LogP contribution in [-0.4, -0.2) is 19.4 Å². The number of hydrogen-bond donors (Lipinski definition) is 1. The number of rotatable bonds is 3. The fraction of sp³-hybridized carbons (Fsp3) is 0.429. The average Bonchev–Trinajstić information content (AvgIpc) is 2.08. The molecule has 6 heteroatoms. The van der Waals surface area contributed by atoms with Crippen LogP contribution in [0.25, 0.3) is 0 Å². The number of anilines is 1. The molecule has 1 aromatic heterocycles. The van der Waals surface area contributed by atoms with E-state index in [1.165, 1.54) is 12.4 Å². The van der Waals surface area contributed by atoms with Crippen LogP contribution in [0, 0.1) is 0 Å². The molecule has 0 spiro atoms. The van der Waals surface area contributed by atoms with Crippen LogP contribution in [0.3, 0.4) is 0 Å². The number of aromatic nitrogens is 2. The smallest absolute Gasteiger partial charge is 0.156 e. The van der Waals surface area contributed by atoms with Crippen LogP contribution < -0.4 is 4.72 Å². The summed E-state index contributed by atoms with van der Waals surface area (Å²) in [5.74, 6) is 0.469. The molecule has 0 bridgehead atoms. The fourth-order valence-corrected chi connectivity index (χ4v) is 1.23. The quantitative estimate of drug-likeness (QED) is 0.841. The maximum Gasteiger partial charge on any atom is 0.156 e. The number of halogens is 1. The molecule has 1 aromatic rings. The van der Waals surface area contributed by atoms with E-state index in [0.29, 0.717) is 11.0 Å². The second-order valence-corrected chi connectivity index (χ2v) is 4.80. The first kappa shape index (κ1) is 10.4. The van der Waals surface area contributed by atoms with Crippen LogP contribution in [0.5, 0.6) is 0 Å².